The number of fused-ring (bicyclic) bond motifs is 1. The van der Waals surface area contributed by atoms with Crippen LogP contribution in [0, 0.1) is 5.92 Å². The molecule has 2 aromatic heterocycles. The third kappa shape index (κ3) is 3.17. The highest BCUT2D eigenvalue weighted by Gasteiger charge is 2.31. The molecule has 2 aromatic rings. The summed E-state index contributed by atoms with van der Waals surface area (Å²) in [4.78, 5) is 22.9. The van der Waals surface area contributed by atoms with Crippen LogP contribution in [0.3, 0.4) is 0 Å². The third-order valence-corrected chi connectivity index (χ3v) is 4.95. The maximum absolute atomic E-state index is 12.4. The lowest BCUT2D eigenvalue weighted by Crippen LogP contribution is -2.37. The van der Waals surface area contributed by atoms with Gasteiger partial charge in [-0.3, -0.25) is 9.69 Å². The van der Waals surface area contributed by atoms with Crippen LogP contribution in [0.15, 0.2) is 24.8 Å². The highest BCUT2D eigenvalue weighted by atomic mass is 16.2. The van der Waals surface area contributed by atoms with Crippen molar-refractivity contribution in [3.05, 3.63) is 36.0 Å². The molecule has 0 saturated heterocycles. The molecule has 0 aromatic carbocycles. The number of hydrogen-bond donors (Lipinski definition) is 1. The van der Waals surface area contributed by atoms with Crippen molar-refractivity contribution in [2.24, 2.45) is 5.92 Å². The molecule has 4 rings (SSSR count). The number of amides is 1. The zero-order valence-corrected chi connectivity index (χ0v) is 13.9. The number of hydrogen-bond acceptors (Lipinski definition) is 5. The minimum Gasteiger partial charge on any atom is -0.310 e. The maximum Gasteiger partial charge on any atom is 0.239 e. The summed E-state index contributed by atoms with van der Waals surface area (Å²) in [5, 5.41) is 7.39. The Bertz CT molecular complexity index is 738. The molecular weight excluding hydrogens is 304 g/mol. The predicted molar refractivity (Wildman–Crippen MR) is 89.3 cm³/mol. The average molecular weight is 326 g/mol. The van der Waals surface area contributed by atoms with Gasteiger partial charge in [-0.2, -0.15) is 5.10 Å². The van der Waals surface area contributed by atoms with Crippen LogP contribution in [0.5, 0.6) is 0 Å². The number of carbonyl (C=O) groups is 1. The van der Waals surface area contributed by atoms with Gasteiger partial charge in [-0.25, -0.2) is 14.6 Å². The van der Waals surface area contributed by atoms with Crippen molar-refractivity contribution < 1.29 is 4.79 Å². The van der Waals surface area contributed by atoms with Gasteiger partial charge in [0.1, 0.15) is 12.1 Å². The first-order chi connectivity index (χ1) is 11.7. The Kier molecular flexibility index (Phi) is 4.02. The molecule has 7 heteroatoms. The summed E-state index contributed by atoms with van der Waals surface area (Å²) in [5.41, 5.74) is 2.21. The van der Waals surface area contributed by atoms with Crippen molar-refractivity contribution in [3.8, 4) is 0 Å². The van der Waals surface area contributed by atoms with Crippen molar-refractivity contribution in [2.75, 3.05) is 18.4 Å². The van der Waals surface area contributed by atoms with E-state index in [1.54, 1.807) is 12.5 Å². The molecule has 1 aliphatic heterocycles. The fraction of sp³-hybridized carbons (Fsp3) is 0.529. The van der Waals surface area contributed by atoms with Crippen LogP contribution < -0.4 is 5.32 Å². The van der Waals surface area contributed by atoms with Gasteiger partial charge in [0.2, 0.25) is 5.91 Å². The van der Waals surface area contributed by atoms with Crippen LogP contribution in [-0.2, 0) is 17.8 Å². The van der Waals surface area contributed by atoms with E-state index in [2.05, 4.69) is 32.2 Å². The van der Waals surface area contributed by atoms with E-state index in [1.807, 2.05) is 16.9 Å². The van der Waals surface area contributed by atoms with Crippen LogP contribution in [0.1, 0.15) is 37.1 Å². The summed E-state index contributed by atoms with van der Waals surface area (Å²) in [6, 6.07) is 2.21. The number of aromatic nitrogens is 4. The largest absolute Gasteiger partial charge is 0.310 e. The van der Waals surface area contributed by atoms with E-state index in [-0.39, 0.29) is 5.91 Å². The number of anilines is 1. The quantitative estimate of drug-likeness (QED) is 0.904. The molecular formula is C17H22N6O. The Morgan fingerprint density at radius 1 is 1.46 bits per heavy atom. The number of carbonyl (C=O) groups excluding carboxylic acids is 1. The van der Waals surface area contributed by atoms with Crippen molar-refractivity contribution in [2.45, 2.75) is 38.8 Å². The predicted octanol–water partition coefficient (Wildman–Crippen LogP) is 1.64. The molecule has 3 heterocycles. The van der Waals surface area contributed by atoms with Gasteiger partial charge in [0.15, 0.2) is 0 Å². The van der Waals surface area contributed by atoms with Crippen molar-refractivity contribution in [1.29, 1.82) is 0 Å². The van der Waals surface area contributed by atoms with Crippen molar-refractivity contribution in [3.63, 3.8) is 0 Å². The van der Waals surface area contributed by atoms with Gasteiger partial charge in [0.05, 0.1) is 24.5 Å². The second kappa shape index (κ2) is 6.32. The van der Waals surface area contributed by atoms with Gasteiger partial charge < -0.3 is 5.32 Å². The highest BCUT2D eigenvalue weighted by Crippen LogP contribution is 2.40. The molecule has 126 valence electrons. The van der Waals surface area contributed by atoms with Crippen LogP contribution in [0.2, 0.25) is 0 Å². The Morgan fingerprint density at radius 3 is 3.17 bits per heavy atom. The van der Waals surface area contributed by atoms with Crippen LogP contribution >= 0.6 is 0 Å². The zero-order valence-electron chi connectivity index (χ0n) is 13.9. The molecule has 1 saturated carbocycles. The molecule has 1 fully saturated rings. The molecule has 1 atom stereocenters. The zero-order chi connectivity index (χ0) is 16.5. The van der Waals surface area contributed by atoms with Gasteiger partial charge in [-0.15, -0.1) is 0 Å². The summed E-state index contributed by atoms with van der Waals surface area (Å²) in [7, 11) is 0. The van der Waals surface area contributed by atoms with Crippen molar-refractivity contribution >= 4 is 11.7 Å². The van der Waals surface area contributed by atoms with E-state index in [4.69, 9.17) is 0 Å². The summed E-state index contributed by atoms with van der Waals surface area (Å²) in [6.07, 6.45) is 8.59. The monoisotopic (exact) mass is 326 g/mol. The third-order valence-electron chi connectivity index (χ3n) is 4.95. The normalized spacial score (nSPS) is 18.9. The van der Waals surface area contributed by atoms with Crippen LogP contribution in [0.4, 0.5) is 5.82 Å². The molecule has 0 spiro atoms. The summed E-state index contributed by atoms with van der Waals surface area (Å²) in [5.74, 6) is 1.48. The second-order valence-electron chi connectivity index (χ2n) is 6.74. The Morgan fingerprint density at radius 2 is 2.33 bits per heavy atom. The van der Waals surface area contributed by atoms with Crippen molar-refractivity contribution in [1.82, 2.24) is 24.6 Å². The van der Waals surface area contributed by atoms with E-state index in [9.17, 15) is 4.79 Å². The van der Waals surface area contributed by atoms with Crippen LogP contribution in [0.25, 0.3) is 0 Å². The maximum atomic E-state index is 12.4. The van der Waals surface area contributed by atoms with Gasteiger partial charge >= 0.3 is 0 Å². The van der Waals surface area contributed by atoms with E-state index >= 15 is 0 Å². The van der Waals surface area contributed by atoms with E-state index < -0.39 is 0 Å². The molecule has 7 nitrogen and oxygen atoms in total. The molecule has 0 radical (unpaired) electrons. The standard InChI is InChI=1S/C17H22N6O/c1-12(13-2-3-13)23-16(4-6-20-23)21-17(24)10-22-7-5-14-8-18-11-19-15(14)9-22/h4,6,8,11-13H,2-3,5,7,9-10H2,1H3,(H,21,24). The lowest BCUT2D eigenvalue weighted by atomic mass is 10.1. The molecule has 24 heavy (non-hydrogen) atoms. The SMILES string of the molecule is CC(C1CC1)n1nccc1NC(=O)CN1CCc2cncnc2C1. The van der Waals surface area contributed by atoms with E-state index in [0.717, 1.165) is 24.5 Å². The number of nitrogens with one attached hydrogen (secondary N) is 1. The Hall–Kier alpha value is -2.28. The summed E-state index contributed by atoms with van der Waals surface area (Å²) < 4.78 is 1.94. The minimum atomic E-state index is -0.00254. The van der Waals surface area contributed by atoms with Crippen LogP contribution in [-0.4, -0.2) is 43.6 Å². The van der Waals surface area contributed by atoms with E-state index in [1.165, 1.54) is 18.4 Å². The first kappa shape index (κ1) is 15.3. The summed E-state index contributed by atoms with van der Waals surface area (Å²) in [6.45, 7) is 4.09. The first-order valence-electron chi connectivity index (χ1n) is 8.54. The fourth-order valence-corrected chi connectivity index (χ4v) is 3.34. The number of rotatable bonds is 5. The molecule has 1 N–H and O–H groups in total. The molecule has 1 amide bonds. The second-order valence-corrected chi connectivity index (χ2v) is 6.74. The number of nitrogens with zero attached hydrogens (tertiary/aromatic N) is 5. The first-order valence-corrected chi connectivity index (χ1v) is 8.54. The Labute approximate surface area is 141 Å². The van der Waals surface area contributed by atoms with E-state index in [0.29, 0.717) is 25.0 Å². The topological polar surface area (TPSA) is 75.9 Å². The molecule has 2 aliphatic rings. The molecule has 0 bridgehead atoms. The smallest absolute Gasteiger partial charge is 0.239 e. The van der Waals surface area contributed by atoms with Gasteiger partial charge in [-0.05, 0) is 37.7 Å². The van der Waals surface area contributed by atoms with Gasteiger partial charge in [0, 0.05) is 25.4 Å². The summed E-state index contributed by atoms with van der Waals surface area (Å²) >= 11 is 0. The van der Waals surface area contributed by atoms with Gasteiger partial charge in [0.25, 0.3) is 0 Å². The fourth-order valence-electron chi connectivity index (χ4n) is 3.34. The molecule has 1 aliphatic carbocycles. The lowest BCUT2D eigenvalue weighted by Gasteiger charge is -2.27. The average Bonchev–Trinajstić information content (AvgIpc) is 3.34. The minimum absolute atomic E-state index is 0.00254. The van der Waals surface area contributed by atoms with Gasteiger partial charge in [-0.1, -0.05) is 0 Å². The molecule has 1 unspecified atom stereocenters. The lowest BCUT2D eigenvalue weighted by molar-refractivity contribution is -0.117. The Balaban J connectivity index is 1.37. The highest BCUT2D eigenvalue weighted by molar-refractivity contribution is 5.91.